The molecule has 4 fully saturated rings. The fraction of sp³-hybridized carbons (Fsp3) is 0.235. The molecule has 4 aliphatic rings. The average molecular weight is 844 g/mol. The molecule has 4 heterocycles. The molecule has 0 spiro atoms. The van der Waals surface area contributed by atoms with Gasteiger partial charge in [0.1, 0.15) is 24.7 Å². The molecule has 0 atom stereocenters. The number of hydrogen-bond acceptors (Lipinski definition) is 6. The van der Waals surface area contributed by atoms with E-state index in [0.29, 0.717) is 26.2 Å². The summed E-state index contributed by atoms with van der Waals surface area (Å²) in [5.41, 5.74) is 4.22. The first-order valence-electron chi connectivity index (χ1n) is 14.3. The third-order valence-electron chi connectivity index (χ3n) is 8.64. The van der Waals surface area contributed by atoms with Crippen LogP contribution in [0, 0.1) is 0 Å². The van der Waals surface area contributed by atoms with Crippen molar-refractivity contribution in [2.24, 2.45) is 0 Å². The molecule has 6 nitrogen and oxygen atoms in total. The Bertz CT molecular complexity index is 1420. The van der Waals surface area contributed by atoms with Crippen molar-refractivity contribution in [2.75, 3.05) is 0 Å². The lowest BCUT2D eigenvalue weighted by atomic mass is 9.87. The topological polar surface area (TPSA) is 47.1 Å². The highest BCUT2D eigenvalue weighted by Crippen LogP contribution is 2.44. The largest absolute Gasteiger partial charge is 0.293 e. The first-order valence-corrected chi connectivity index (χ1v) is 17.5. The number of Topliss-reactive ketones (excluding diaryl/α,β-unsaturated/α-hetero) is 2. The van der Waals surface area contributed by atoms with Crippen LogP contribution in [0.5, 0.6) is 0 Å². The smallest absolute Gasteiger partial charge is 0.196 e. The number of carbonyl (C=O) groups excluding carboxylic acids is 2. The molecule has 4 aromatic carbocycles. The molecule has 0 unspecified atom stereocenters. The van der Waals surface area contributed by atoms with Crippen molar-refractivity contribution in [3.8, 4) is 0 Å². The van der Waals surface area contributed by atoms with Crippen molar-refractivity contribution in [1.29, 1.82) is 0 Å². The Balaban J connectivity index is 1.32. The molecular formula is C34H28Br4N4O2. The summed E-state index contributed by atoms with van der Waals surface area (Å²) in [5.74, 6) is 0.210. The summed E-state index contributed by atoms with van der Waals surface area (Å²) in [6.45, 7) is 1.94. The highest BCUT2D eigenvalue weighted by atomic mass is 79.9. The summed E-state index contributed by atoms with van der Waals surface area (Å²) < 4.78 is 3.97. The molecule has 10 heteroatoms. The van der Waals surface area contributed by atoms with Gasteiger partial charge in [0.15, 0.2) is 11.6 Å². The number of carbonyl (C=O) groups is 2. The summed E-state index contributed by atoms with van der Waals surface area (Å²) in [5, 5.41) is 0. The predicted octanol–water partition coefficient (Wildman–Crippen LogP) is 7.53. The third-order valence-corrected chi connectivity index (χ3v) is 10.8. The van der Waals surface area contributed by atoms with E-state index in [4.69, 9.17) is 0 Å². The van der Waals surface area contributed by atoms with Crippen LogP contribution in [-0.2, 0) is 35.8 Å². The second kappa shape index (κ2) is 12.6. The van der Waals surface area contributed by atoms with Gasteiger partial charge in [-0.1, -0.05) is 112 Å². The molecule has 0 radical (unpaired) electrons. The Labute approximate surface area is 290 Å². The van der Waals surface area contributed by atoms with Crippen molar-refractivity contribution < 1.29 is 9.59 Å². The standard InChI is InChI=1S/C34H28Br4N4O2/c35-25-9-1-21(2-10-25)17-39-31-29(43)34-41(19-23-5-13-27(37)14-6-23)32(39)30(44)33(40(31)18-22-3-11-26(36)12-4-22)42(34)20-24-7-15-28(38)16-8-24/h1-16,31-34H,17-20H2. The number of ketones is 2. The van der Waals surface area contributed by atoms with Crippen molar-refractivity contribution in [3.05, 3.63) is 137 Å². The molecule has 0 N–H and O–H groups in total. The minimum atomic E-state index is -0.526. The number of rotatable bonds is 8. The fourth-order valence-electron chi connectivity index (χ4n) is 6.77. The van der Waals surface area contributed by atoms with Crippen LogP contribution < -0.4 is 0 Å². The number of hydrogen-bond donors (Lipinski definition) is 0. The maximum atomic E-state index is 14.8. The van der Waals surface area contributed by atoms with E-state index >= 15 is 0 Å². The second-order valence-corrected chi connectivity index (χ2v) is 15.2. The van der Waals surface area contributed by atoms with Gasteiger partial charge in [-0.25, -0.2) is 0 Å². The zero-order valence-electron chi connectivity index (χ0n) is 23.5. The van der Waals surface area contributed by atoms with Crippen LogP contribution in [0.15, 0.2) is 115 Å². The summed E-state index contributed by atoms with van der Waals surface area (Å²) in [4.78, 5) is 38.1. The molecule has 4 saturated heterocycles. The molecule has 44 heavy (non-hydrogen) atoms. The van der Waals surface area contributed by atoms with E-state index in [9.17, 15) is 9.59 Å². The van der Waals surface area contributed by atoms with Crippen LogP contribution in [0.4, 0.5) is 0 Å². The van der Waals surface area contributed by atoms with Gasteiger partial charge in [0.25, 0.3) is 0 Å². The van der Waals surface area contributed by atoms with Gasteiger partial charge in [0.2, 0.25) is 0 Å². The first-order chi connectivity index (χ1) is 21.3. The minimum absolute atomic E-state index is 0.105. The molecule has 224 valence electrons. The van der Waals surface area contributed by atoms with Crippen molar-refractivity contribution >= 4 is 75.3 Å². The summed E-state index contributed by atoms with van der Waals surface area (Å²) in [6, 6.07) is 32.5. The van der Waals surface area contributed by atoms with Gasteiger partial charge in [-0.05, 0) is 70.8 Å². The minimum Gasteiger partial charge on any atom is -0.293 e. The Hall–Kier alpha value is -2.02. The first kappa shape index (κ1) is 30.6. The van der Waals surface area contributed by atoms with Crippen LogP contribution in [-0.4, -0.2) is 55.8 Å². The summed E-state index contributed by atoms with van der Waals surface area (Å²) in [6.07, 6.45) is -2.10. The van der Waals surface area contributed by atoms with Crippen molar-refractivity contribution in [3.63, 3.8) is 0 Å². The van der Waals surface area contributed by atoms with Crippen LogP contribution in [0.1, 0.15) is 22.3 Å². The second-order valence-electron chi connectivity index (χ2n) is 11.5. The predicted molar refractivity (Wildman–Crippen MR) is 184 cm³/mol. The maximum Gasteiger partial charge on any atom is 0.196 e. The lowest BCUT2D eigenvalue weighted by molar-refractivity contribution is -0.252. The molecule has 4 bridgehead atoms. The zero-order chi connectivity index (χ0) is 30.5. The van der Waals surface area contributed by atoms with E-state index in [-0.39, 0.29) is 11.6 Å². The van der Waals surface area contributed by atoms with Crippen LogP contribution >= 0.6 is 63.7 Å². The highest BCUT2D eigenvalue weighted by Gasteiger charge is 2.66. The Kier molecular flexibility index (Phi) is 8.80. The number of benzene rings is 4. The van der Waals surface area contributed by atoms with Crippen molar-refractivity contribution in [1.82, 2.24) is 19.6 Å². The van der Waals surface area contributed by atoms with E-state index in [1.165, 1.54) is 0 Å². The van der Waals surface area contributed by atoms with Gasteiger partial charge in [-0.2, -0.15) is 0 Å². The molecular weight excluding hydrogens is 816 g/mol. The lowest BCUT2D eigenvalue weighted by Crippen LogP contribution is -2.88. The lowest BCUT2D eigenvalue weighted by Gasteiger charge is -2.66. The van der Waals surface area contributed by atoms with Crippen LogP contribution in [0.2, 0.25) is 0 Å². The fourth-order valence-corrected chi connectivity index (χ4v) is 7.82. The Morgan fingerprint density at radius 3 is 0.727 bits per heavy atom. The van der Waals surface area contributed by atoms with E-state index in [1.807, 2.05) is 48.5 Å². The van der Waals surface area contributed by atoms with Gasteiger partial charge in [-0.3, -0.25) is 29.2 Å². The molecule has 4 aliphatic heterocycles. The Morgan fingerprint density at radius 1 is 0.364 bits per heavy atom. The summed E-state index contributed by atoms with van der Waals surface area (Å²) >= 11 is 14.2. The zero-order valence-corrected chi connectivity index (χ0v) is 29.8. The van der Waals surface area contributed by atoms with E-state index in [0.717, 1.165) is 40.1 Å². The van der Waals surface area contributed by atoms with Crippen LogP contribution in [0.25, 0.3) is 0 Å². The number of nitrogens with zero attached hydrogens (tertiary/aromatic N) is 4. The van der Waals surface area contributed by atoms with Gasteiger partial charge in [0.05, 0.1) is 0 Å². The Morgan fingerprint density at radius 2 is 0.545 bits per heavy atom. The summed E-state index contributed by atoms with van der Waals surface area (Å²) in [7, 11) is 0. The van der Waals surface area contributed by atoms with Crippen molar-refractivity contribution in [2.45, 2.75) is 50.8 Å². The van der Waals surface area contributed by atoms with E-state index in [1.54, 1.807) is 0 Å². The van der Waals surface area contributed by atoms with E-state index < -0.39 is 24.7 Å². The maximum absolute atomic E-state index is 14.8. The van der Waals surface area contributed by atoms with Gasteiger partial charge >= 0.3 is 0 Å². The molecule has 0 saturated carbocycles. The van der Waals surface area contributed by atoms with Crippen LogP contribution in [0.3, 0.4) is 0 Å². The molecule has 0 aromatic heterocycles. The monoisotopic (exact) mass is 840 g/mol. The molecule has 0 amide bonds. The molecule has 0 aliphatic carbocycles. The molecule has 8 rings (SSSR count). The number of halogens is 4. The SMILES string of the molecule is O=C1C2N(Cc3ccc(Br)cc3)C3C(=O)C(N2Cc2ccc(Br)cc2)N(Cc2ccc(Br)cc2)C1N3Cc1ccc(Br)cc1. The molecule has 4 aromatic rings. The van der Waals surface area contributed by atoms with Gasteiger partial charge < -0.3 is 0 Å². The third kappa shape index (κ3) is 5.84. The quantitative estimate of drug-likeness (QED) is 0.183. The average Bonchev–Trinajstić information content (AvgIpc) is 3.00. The highest BCUT2D eigenvalue weighted by molar-refractivity contribution is 9.11. The van der Waals surface area contributed by atoms with Gasteiger partial charge in [-0.15, -0.1) is 0 Å². The normalized spacial score (nSPS) is 24.0. The van der Waals surface area contributed by atoms with E-state index in [2.05, 4.69) is 132 Å². The van der Waals surface area contributed by atoms with Gasteiger partial charge in [0, 0.05) is 44.1 Å².